The molecule has 3 heteroatoms. The van der Waals surface area contributed by atoms with E-state index in [0.717, 1.165) is 25.1 Å². The number of hydrogen-bond donors (Lipinski definition) is 1. The molecule has 1 N–H and O–H groups in total. The van der Waals surface area contributed by atoms with Crippen LogP contribution in [0.2, 0.25) is 0 Å². The third-order valence-electron chi connectivity index (χ3n) is 2.38. The van der Waals surface area contributed by atoms with Crippen LogP contribution in [0.4, 0.5) is 10.1 Å². The third-order valence-corrected chi connectivity index (χ3v) is 2.38. The minimum absolute atomic E-state index is 0.602. The van der Waals surface area contributed by atoms with Crippen molar-refractivity contribution in [1.29, 1.82) is 0 Å². The SMILES string of the molecule is CC(C)(F)Oc1ccc2c(c1)CCCN2. The number of anilines is 1. The van der Waals surface area contributed by atoms with Crippen LogP contribution in [0.15, 0.2) is 18.2 Å². The summed E-state index contributed by atoms with van der Waals surface area (Å²) in [6.45, 7) is 3.83. The lowest BCUT2D eigenvalue weighted by Crippen LogP contribution is -2.21. The lowest BCUT2D eigenvalue weighted by Gasteiger charge is -2.21. The predicted octanol–water partition coefficient (Wildman–Crippen LogP) is 3.13. The summed E-state index contributed by atoms with van der Waals surface area (Å²) in [4.78, 5) is 0. The summed E-state index contributed by atoms with van der Waals surface area (Å²) in [5, 5.41) is 3.30. The molecule has 1 aromatic carbocycles. The van der Waals surface area contributed by atoms with Gasteiger partial charge in [-0.3, -0.25) is 0 Å². The second kappa shape index (κ2) is 3.72. The lowest BCUT2D eigenvalue weighted by molar-refractivity contribution is -0.0257. The minimum atomic E-state index is -1.61. The molecule has 1 aromatic rings. The molecule has 82 valence electrons. The molecule has 1 heterocycles. The van der Waals surface area contributed by atoms with Gasteiger partial charge < -0.3 is 10.1 Å². The summed E-state index contributed by atoms with van der Waals surface area (Å²) in [5.74, 6) is -1.01. The standard InChI is InChI=1S/C12H16FNO/c1-12(2,13)15-10-5-6-11-9(8-10)4-3-7-14-11/h5-6,8,14H,3-4,7H2,1-2H3. The molecule has 1 aliphatic rings. The first-order valence-corrected chi connectivity index (χ1v) is 5.29. The van der Waals surface area contributed by atoms with Crippen LogP contribution >= 0.6 is 0 Å². The minimum Gasteiger partial charge on any atom is -0.459 e. The van der Waals surface area contributed by atoms with E-state index < -0.39 is 5.85 Å². The summed E-state index contributed by atoms with van der Waals surface area (Å²) in [6.07, 6.45) is 2.15. The zero-order chi connectivity index (χ0) is 10.9. The van der Waals surface area contributed by atoms with Crippen LogP contribution in [0.1, 0.15) is 25.8 Å². The summed E-state index contributed by atoms with van der Waals surface area (Å²) < 4.78 is 18.4. The normalized spacial score (nSPS) is 15.4. The third kappa shape index (κ3) is 2.61. The van der Waals surface area contributed by atoms with Crippen molar-refractivity contribution in [3.05, 3.63) is 23.8 Å². The highest BCUT2D eigenvalue weighted by atomic mass is 19.2. The van der Waals surface area contributed by atoms with Crippen LogP contribution in [0, 0.1) is 0 Å². The number of rotatable bonds is 2. The zero-order valence-electron chi connectivity index (χ0n) is 9.14. The molecule has 0 amide bonds. The Labute approximate surface area is 89.4 Å². The maximum absolute atomic E-state index is 13.3. The van der Waals surface area contributed by atoms with Gasteiger partial charge in [-0.25, -0.2) is 0 Å². The lowest BCUT2D eigenvalue weighted by atomic mass is 10.0. The first-order valence-electron chi connectivity index (χ1n) is 5.29. The van der Waals surface area contributed by atoms with Crippen LogP contribution in [-0.4, -0.2) is 12.4 Å². The second-order valence-corrected chi connectivity index (χ2v) is 4.31. The Balaban J connectivity index is 2.21. The van der Waals surface area contributed by atoms with Crippen molar-refractivity contribution in [2.24, 2.45) is 0 Å². The highest BCUT2D eigenvalue weighted by Crippen LogP contribution is 2.28. The zero-order valence-corrected chi connectivity index (χ0v) is 9.14. The Morgan fingerprint density at radius 3 is 2.93 bits per heavy atom. The molecule has 0 fully saturated rings. The number of nitrogens with one attached hydrogen (secondary N) is 1. The van der Waals surface area contributed by atoms with Gasteiger partial charge >= 0.3 is 0 Å². The largest absolute Gasteiger partial charge is 0.459 e. The fourth-order valence-corrected chi connectivity index (χ4v) is 1.80. The van der Waals surface area contributed by atoms with E-state index in [1.807, 2.05) is 12.1 Å². The van der Waals surface area contributed by atoms with Crippen molar-refractivity contribution < 1.29 is 9.13 Å². The Morgan fingerprint density at radius 1 is 1.40 bits per heavy atom. The van der Waals surface area contributed by atoms with Crippen molar-refractivity contribution >= 4 is 5.69 Å². The van der Waals surface area contributed by atoms with Crippen LogP contribution < -0.4 is 10.1 Å². The molecule has 0 aromatic heterocycles. The number of hydrogen-bond acceptors (Lipinski definition) is 2. The van der Waals surface area contributed by atoms with Crippen molar-refractivity contribution in [1.82, 2.24) is 0 Å². The summed E-state index contributed by atoms with van der Waals surface area (Å²) in [7, 11) is 0. The van der Waals surface area contributed by atoms with Crippen molar-refractivity contribution in [2.75, 3.05) is 11.9 Å². The maximum Gasteiger partial charge on any atom is 0.242 e. The second-order valence-electron chi connectivity index (χ2n) is 4.31. The average Bonchev–Trinajstić information content (AvgIpc) is 2.15. The highest BCUT2D eigenvalue weighted by Gasteiger charge is 2.18. The smallest absolute Gasteiger partial charge is 0.242 e. The molecule has 0 atom stereocenters. The number of ether oxygens (including phenoxy) is 1. The van der Waals surface area contributed by atoms with E-state index >= 15 is 0 Å². The number of alkyl halides is 1. The van der Waals surface area contributed by atoms with Gasteiger partial charge in [-0.2, -0.15) is 4.39 Å². The van der Waals surface area contributed by atoms with Gasteiger partial charge in [0.15, 0.2) is 0 Å². The van der Waals surface area contributed by atoms with Crippen LogP contribution in [0.3, 0.4) is 0 Å². The van der Waals surface area contributed by atoms with E-state index in [9.17, 15) is 4.39 Å². The van der Waals surface area contributed by atoms with E-state index in [4.69, 9.17) is 4.74 Å². The fourth-order valence-electron chi connectivity index (χ4n) is 1.80. The van der Waals surface area contributed by atoms with Crippen LogP contribution in [0.25, 0.3) is 0 Å². The summed E-state index contributed by atoms with van der Waals surface area (Å²) >= 11 is 0. The van der Waals surface area contributed by atoms with Gasteiger partial charge in [0.2, 0.25) is 5.85 Å². The molecule has 0 unspecified atom stereocenters. The van der Waals surface area contributed by atoms with Gasteiger partial charge in [0.25, 0.3) is 0 Å². The maximum atomic E-state index is 13.3. The van der Waals surface area contributed by atoms with Gasteiger partial charge in [0.05, 0.1) is 0 Å². The van der Waals surface area contributed by atoms with Gasteiger partial charge in [0, 0.05) is 26.1 Å². The number of aryl methyl sites for hydroxylation is 1. The molecule has 0 spiro atoms. The molecular weight excluding hydrogens is 193 g/mol. The Hall–Kier alpha value is -1.25. The fraction of sp³-hybridized carbons (Fsp3) is 0.500. The van der Waals surface area contributed by atoms with Crippen molar-refractivity contribution in [2.45, 2.75) is 32.5 Å². The topological polar surface area (TPSA) is 21.3 Å². The molecule has 0 radical (unpaired) electrons. The summed E-state index contributed by atoms with van der Waals surface area (Å²) in [5.41, 5.74) is 2.35. The van der Waals surface area contributed by atoms with Gasteiger partial charge in [-0.05, 0) is 36.6 Å². The quantitative estimate of drug-likeness (QED) is 0.808. The van der Waals surface area contributed by atoms with Gasteiger partial charge in [0.1, 0.15) is 5.75 Å². The van der Waals surface area contributed by atoms with E-state index in [1.165, 1.54) is 19.4 Å². The molecule has 0 aliphatic carbocycles. The molecule has 2 nitrogen and oxygen atoms in total. The van der Waals surface area contributed by atoms with E-state index in [-0.39, 0.29) is 0 Å². The Bertz CT molecular complexity index is 357. The number of fused-ring (bicyclic) bond motifs is 1. The Kier molecular flexibility index (Phi) is 2.55. The van der Waals surface area contributed by atoms with Crippen molar-refractivity contribution in [3.8, 4) is 5.75 Å². The molecule has 1 aliphatic heterocycles. The first kappa shape index (κ1) is 10.3. The molecule has 0 bridgehead atoms. The molecule has 0 saturated carbocycles. The van der Waals surface area contributed by atoms with E-state index in [1.54, 1.807) is 6.07 Å². The van der Waals surface area contributed by atoms with Crippen LogP contribution in [-0.2, 0) is 6.42 Å². The molecule has 15 heavy (non-hydrogen) atoms. The number of halogens is 1. The molecular formula is C12H16FNO. The Morgan fingerprint density at radius 2 is 2.20 bits per heavy atom. The van der Waals surface area contributed by atoms with E-state index in [0.29, 0.717) is 5.75 Å². The molecule has 0 saturated heterocycles. The first-order chi connectivity index (χ1) is 7.04. The average molecular weight is 209 g/mol. The van der Waals surface area contributed by atoms with Crippen molar-refractivity contribution in [3.63, 3.8) is 0 Å². The van der Waals surface area contributed by atoms with Gasteiger partial charge in [-0.1, -0.05) is 0 Å². The summed E-state index contributed by atoms with van der Waals surface area (Å²) in [6, 6.07) is 5.68. The van der Waals surface area contributed by atoms with Crippen LogP contribution in [0.5, 0.6) is 5.75 Å². The molecule has 2 rings (SSSR count). The van der Waals surface area contributed by atoms with Gasteiger partial charge in [-0.15, -0.1) is 0 Å². The number of benzene rings is 1. The predicted molar refractivity (Wildman–Crippen MR) is 59.1 cm³/mol. The highest BCUT2D eigenvalue weighted by molar-refractivity contribution is 5.55. The van der Waals surface area contributed by atoms with E-state index in [2.05, 4.69) is 5.32 Å². The monoisotopic (exact) mass is 209 g/mol.